The summed E-state index contributed by atoms with van der Waals surface area (Å²) >= 11 is 0. The lowest BCUT2D eigenvalue weighted by Gasteiger charge is -2.56. The molecule has 0 aliphatic heterocycles. The second-order valence-electron chi connectivity index (χ2n) is 10.4. The van der Waals surface area contributed by atoms with Crippen LogP contribution in [0.25, 0.3) is 0 Å². The highest BCUT2D eigenvalue weighted by Crippen LogP contribution is 2.69. The number of carbonyl (C=O) groups is 2. The van der Waals surface area contributed by atoms with Gasteiger partial charge >= 0.3 is 0 Å². The molecule has 4 aliphatic carbocycles. The molecule has 0 bridgehead atoms. The fraction of sp³-hybridized carbons (Fsp3) is 0.739. The van der Waals surface area contributed by atoms with Crippen molar-refractivity contribution in [2.45, 2.75) is 66.7 Å². The largest absolute Gasteiger partial charge is 0.300 e. The number of hydrogen-bond acceptors (Lipinski definition) is 2. The van der Waals surface area contributed by atoms with Gasteiger partial charge in [-0.2, -0.15) is 0 Å². The number of fused-ring (bicyclic) bond motifs is 5. The van der Waals surface area contributed by atoms with Crippen LogP contribution >= 0.6 is 0 Å². The Balaban J connectivity index is 1.73. The highest BCUT2D eigenvalue weighted by atomic mass is 16.1. The van der Waals surface area contributed by atoms with Crippen molar-refractivity contribution in [2.24, 2.45) is 39.9 Å². The minimum atomic E-state index is 0.0522. The SMILES string of the molecule is CC(=O)[C@H]1C(C)(C)C[C@H]2[C@@H]3CCC4=CC(=O)C=C[C@]4(C)[C@H]3CC[C@@]21C. The fourth-order valence-electron chi connectivity index (χ4n) is 7.88. The maximum Gasteiger partial charge on any atom is 0.178 e. The Bertz CT molecular complexity index is 697. The Kier molecular flexibility index (Phi) is 3.57. The van der Waals surface area contributed by atoms with Crippen LogP contribution in [0.1, 0.15) is 66.7 Å². The van der Waals surface area contributed by atoms with Gasteiger partial charge in [-0.05, 0) is 79.8 Å². The Morgan fingerprint density at radius 2 is 1.84 bits per heavy atom. The minimum absolute atomic E-state index is 0.0522. The second kappa shape index (κ2) is 5.18. The average Bonchev–Trinajstić information content (AvgIpc) is 2.73. The Labute approximate surface area is 152 Å². The maximum atomic E-state index is 12.6. The number of allylic oxidation sites excluding steroid dienone is 4. The van der Waals surface area contributed by atoms with Gasteiger partial charge in [0.05, 0.1) is 0 Å². The smallest absolute Gasteiger partial charge is 0.178 e. The van der Waals surface area contributed by atoms with Gasteiger partial charge in [-0.25, -0.2) is 0 Å². The van der Waals surface area contributed by atoms with Crippen molar-refractivity contribution >= 4 is 11.6 Å². The summed E-state index contributed by atoms with van der Waals surface area (Å²) in [4.78, 5) is 24.4. The summed E-state index contributed by atoms with van der Waals surface area (Å²) in [5, 5.41) is 0. The monoisotopic (exact) mass is 340 g/mol. The molecule has 136 valence electrons. The number of ketones is 2. The molecule has 3 saturated carbocycles. The molecule has 0 heterocycles. The standard InChI is InChI=1S/C23H32O2/c1-14(24)20-21(2,3)13-19-17-7-6-15-12-16(25)8-10-22(15,4)18(17)9-11-23(19,20)5/h8,10,12,17-20H,6-7,9,11,13H2,1-5H3/t17-,18+,19+,20+,22+,23+/m1/s1. The zero-order chi connectivity index (χ0) is 18.2. The highest BCUT2D eigenvalue weighted by Gasteiger charge is 2.64. The van der Waals surface area contributed by atoms with Crippen LogP contribution < -0.4 is 0 Å². The lowest BCUT2D eigenvalue weighted by molar-refractivity contribution is -0.130. The van der Waals surface area contributed by atoms with Crippen LogP contribution in [0.5, 0.6) is 0 Å². The molecule has 0 saturated heterocycles. The quantitative estimate of drug-likeness (QED) is 0.662. The first-order chi connectivity index (χ1) is 11.6. The molecular weight excluding hydrogens is 308 g/mol. The predicted octanol–water partition coefficient (Wildman–Crippen LogP) is 5.14. The third-order valence-electron chi connectivity index (χ3n) is 8.59. The number of rotatable bonds is 1. The van der Waals surface area contributed by atoms with Gasteiger partial charge in [-0.15, -0.1) is 0 Å². The first-order valence-corrected chi connectivity index (χ1v) is 10.0. The number of carbonyl (C=O) groups excluding carboxylic acids is 2. The van der Waals surface area contributed by atoms with Crippen LogP contribution in [0, 0.1) is 39.9 Å². The van der Waals surface area contributed by atoms with Crippen molar-refractivity contribution in [3.63, 3.8) is 0 Å². The zero-order valence-electron chi connectivity index (χ0n) is 16.4. The second-order valence-corrected chi connectivity index (χ2v) is 10.4. The molecule has 2 nitrogen and oxygen atoms in total. The van der Waals surface area contributed by atoms with Gasteiger partial charge in [0.1, 0.15) is 5.78 Å². The van der Waals surface area contributed by atoms with Gasteiger partial charge in [0, 0.05) is 11.3 Å². The molecule has 0 aromatic carbocycles. The number of Topliss-reactive ketones (excluding diaryl/α,β-unsaturated/α-hetero) is 1. The van der Waals surface area contributed by atoms with E-state index in [1.165, 1.54) is 24.8 Å². The topological polar surface area (TPSA) is 34.1 Å². The summed E-state index contributed by atoms with van der Waals surface area (Å²) in [6.07, 6.45) is 11.6. The van der Waals surface area contributed by atoms with Crippen molar-refractivity contribution < 1.29 is 9.59 Å². The molecule has 0 unspecified atom stereocenters. The molecule has 0 aromatic rings. The van der Waals surface area contributed by atoms with E-state index in [-0.39, 0.29) is 27.9 Å². The van der Waals surface area contributed by atoms with Crippen molar-refractivity contribution in [3.8, 4) is 0 Å². The Hall–Kier alpha value is -1.18. The van der Waals surface area contributed by atoms with Crippen LogP contribution in [0.2, 0.25) is 0 Å². The molecule has 0 spiro atoms. The molecule has 25 heavy (non-hydrogen) atoms. The molecule has 6 atom stereocenters. The normalized spacial score (nSPS) is 47.6. The van der Waals surface area contributed by atoms with E-state index in [0.717, 1.165) is 12.8 Å². The van der Waals surface area contributed by atoms with Crippen LogP contribution in [0.15, 0.2) is 23.8 Å². The third-order valence-corrected chi connectivity index (χ3v) is 8.59. The summed E-state index contributed by atoms with van der Waals surface area (Å²) in [5.74, 6) is 2.68. The molecule has 0 N–H and O–H groups in total. The average molecular weight is 341 g/mol. The minimum Gasteiger partial charge on any atom is -0.300 e. The van der Waals surface area contributed by atoms with E-state index in [1.807, 2.05) is 13.0 Å². The molecule has 4 aliphatic rings. The van der Waals surface area contributed by atoms with Crippen LogP contribution in [0.4, 0.5) is 0 Å². The predicted molar refractivity (Wildman–Crippen MR) is 100.0 cm³/mol. The lowest BCUT2D eigenvalue weighted by Crippen LogP contribution is -2.50. The highest BCUT2D eigenvalue weighted by molar-refractivity contribution is 6.01. The third kappa shape index (κ3) is 2.22. The summed E-state index contributed by atoms with van der Waals surface area (Å²) < 4.78 is 0. The van der Waals surface area contributed by atoms with E-state index in [1.54, 1.807) is 6.08 Å². The van der Waals surface area contributed by atoms with Gasteiger partial charge in [0.2, 0.25) is 0 Å². The molecule has 0 aromatic heterocycles. The summed E-state index contributed by atoms with van der Waals surface area (Å²) in [7, 11) is 0. The van der Waals surface area contributed by atoms with Gasteiger partial charge in [-0.1, -0.05) is 39.3 Å². The molecule has 4 rings (SSSR count). The van der Waals surface area contributed by atoms with Gasteiger partial charge in [0.25, 0.3) is 0 Å². The molecule has 0 radical (unpaired) electrons. The molecule has 0 amide bonds. The number of hydrogen-bond donors (Lipinski definition) is 0. The Morgan fingerprint density at radius 3 is 2.52 bits per heavy atom. The van der Waals surface area contributed by atoms with Crippen LogP contribution in [0.3, 0.4) is 0 Å². The molecule has 3 fully saturated rings. The molecular formula is C23H32O2. The first kappa shape index (κ1) is 17.2. The van der Waals surface area contributed by atoms with E-state index >= 15 is 0 Å². The summed E-state index contributed by atoms with van der Waals surface area (Å²) in [6, 6.07) is 0. The van der Waals surface area contributed by atoms with E-state index in [9.17, 15) is 9.59 Å². The van der Waals surface area contributed by atoms with Crippen LogP contribution in [-0.4, -0.2) is 11.6 Å². The van der Waals surface area contributed by atoms with Crippen molar-refractivity contribution in [2.75, 3.05) is 0 Å². The summed E-state index contributed by atoms with van der Waals surface area (Å²) in [6.45, 7) is 11.2. The van der Waals surface area contributed by atoms with E-state index in [4.69, 9.17) is 0 Å². The van der Waals surface area contributed by atoms with Gasteiger partial charge < -0.3 is 0 Å². The van der Waals surface area contributed by atoms with E-state index in [0.29, 0.717) is 23.5 Å². The molecule has 2 heteroatoms. The van der Waals surface area contributed by atoms with E-state index < -0.39 is 0 Å². The van der Waals surface area contributed by atoms with Crippen molar-refractivity contribution in [3.05, 3.63) is 23.8 Å². The zero-order valence-corrected chi connectivity index (χ0v) is 16.4. The lowest BCUT2D eigenvalue weighted by atomic mass is 9.47. The van der Waals surface area contributed by atoms with E-state index in [2.05, 4.69) is 33.8 Å². The first-order valence-electron chi connectivity index (χ1n) is 10.0. The maximum absolute atomic E-state index is 12.6. The van der Waals surface area contributed by atoms with Gasteiger partial charge in [0.15, 0.2) is 5.78 Å². The van der Waals surface area contributed by atoms with Crippen molar-refractivity contribution in [1.82, 2.24) is 0 Å². The Morgan fingerprint density at radius 1 is 1.12 bits per heavy atom. The fourth-order valence-corrected chi connectivity index (χ4v) is 7.88. The van der Waals surface area contributed by atoms with Crippen LogP contribution in [-0.2, 0) is 9.59 Å². The van der Waals surface area contributed by atoms with Crippen molar-refractivity contribution in [1.29, 1.82) is 0 Å². The summed E-state index contributed by atoms with van der Waals surface area (Å²) in [5.41, 5.74) is 1.67. The van der Waals surface area contributed by atoms with Gasteiger partial charge in [-0.3, -0.25) is 9.59 Å².